The van der Waals surface area contributed by atoms with Crippen LogP contribution in [0.1, 0.15) is 16.8 Å². The van der Waals surface area contributed by atoms with Gasteiger partial charge in [0.15, 0.2) is 5.13 Å². The van der Waals surface area contributed by atoms with Crippen molar-refractivity contribution >= 4 is 34.1 Å². The Morgan fingerprint density at radius 2 is 1.80 bits per heavy atom. The molecule has 0 spiro atoms. The highest BCUT2D eigenvalue weighted by Crippen LogP contribution is 2.22. The first-order valence-electron chi connectivity index (χ1n) is 7.79. The number of aromatic nitrogens is 1. The molecule has 0 unspecified atom stereocenters. The smallest absolute Gasteiger partial charge is 0.230 e. The van der Waals surface area contributed by atoms with Crippen LogP contribution in [0.4, 0.5) is 9.52 Å². The number of nitrogens with one attached hydrogen (secondary N) is 1. The quantitative estimate of drug-likeness (QED) is 0.642. The summed E-state index contributed by atoms with van der Waals surface area (Å²) in [5, 5.41) is 5.42. The lowest BCUT2D eigenvalue weighted by Gasteiger charge is -2.02. The third-order valence-corrected chi connectivity index (χ3v) is 5.28. The Balaban J connectivity index is 1.45. The molecule has 6 heteroatoms. The fourth-order valence-corrected chi connectivity index (χ4v) is 3.95. The van der Waals surface area contributed by atoms with E-state index in [2.05, 4.69) is 10.3 Å². The molecular weight excluding hydrogens is 355 g/mol. The van der Waals surface area contributed by atoms with E-state index in [1.165, 1.54) is 23.5 Å². The van der Waals surface area contributed by atoms with Gasteiger partial charge in [-0.3, -0.25) is 4.79 Å². The van der Waals surface area contributed by atoms with Gasteiger partial charge in [-0.05, 0) is 23.3 Å². The first-order valence-corrected chi connectivity index (χ1v) is 9.83. The Morgan fingerprint density at radius 3 is 2.56 bits per heavy atom. The molecular formula is C19H17FN2OS2. The number of thiazole rings is 1. The summed E-state index contributed by atoms with van der Waals surface area (Å²) >= 11 is 3.14. The number of anilines is 1. The molecule has 0 bridgehead atoms. The summed E-state index contributed by atoms with van der Waals surface area (Å²) in [7, 11) is 0. The Labute approximate surface area is 154 Å². The number of thioether (sulfide) groups is 1. The predicted octanol–water partition coefficient (Wildman–Crippen LogP) is 4.90. The van der Waals surface area contributed by atoms with Gasteiger partial charge < -0.3 is 5.32 Å². The molecule has 0 radical (unpaired) electrons. The number of rotatable bonds is 7. The van der Waals surface area contributed by atoms with Gasteiger partial charge in [-0.2, -0.15) is 11.8 Å². The second kappa shape index (κ2) is 8.78. The molecule has 0 saturated carbocycles. The summed E-state index contributed by atoms with van der Waals surface area (Å²) < 4.78 is 12.9. The summed E-state index contributed by atoms with van der Waals surface area (Å²) in [6.45, 7) is 0. The Kier molecular flexibility index (Phi) is 6.19. The average molecular weight is 372 g/mol. The van der Waals surface area contributed by atoms with Crippen LogP contribution >= 0.6 is 23.1 Å². The summed E-state index contributed by atoms with van der Waals surface area (Å²) in [6, 6.07) is 16.1. The van der Waals surface area contributed by atoms with E-state index in [0.717, 1.165) is 28.3 Å². The van der Waals surface area contributed by atoms with Gasteiger partial charge in [0.2, 0.25) is 5.91 Å². The van der Waals surface area contributed by atoms with Crippen LogP contribution in [0, 0.1) is 5.82 Å². The van der Waals surface area contributed by atoms with Crippen molar-refractivity contribution in [2.45, 2.75) is 17.9 Å². The SMILES string of the molecule is O=C(Cc1ccccc1)Nc1nc(CSCc2ccc(F)cc2)cs1. The molecule has 25 heavy (non-hydrogen) atoms. The van der Waals surface area contributed by atoms with Crippen LogP contribution < -0.4 is 5.32 Å². The van der Waals surface area contributed by atoms with Crippen molar-refractivity contribution in [3.63, 3.8) is 0 Å². The lowest BCUT2D eigenvalue weighted by Crippen LogP contribution is -2.14. The van der Waals surface area contributed by atoms with Crippen molar-refractivity contribution in [3.05, 3.63) is 82.6 Å². The lowest BCUT2D eigenvalue weighted by molar-refractivity contribution is -0.115. The van der Waals surface area contributed by atoms with Crippen LogP contribution in [0.5, 0.6) is 0 Å². The van der Waals surface area contributed by atoms with Crippen LogP contribution in [0.15, 0.2) is 60.0 Å². The highest BCUT2D eigenvalue weighted by atomic mass is 32.2. The summed E-state index contributed by atoms with van der Waals surface area (Å²) in [6.07, 6.45) is 0.342. The van der Waals surface area contributed by atoms with Crippen molar-refractivity contribution in [2.24, 2.45) is 0 Å². The van der Waals surface area contributed by atoms with Gasteiger partial charge in [0, 0.05) is 16.9 Å². The number of amides is 1. The van der Waals surface area contributed by atoms with Crippen LogP contribution in [0.25, 0.3) is 0 Å². The molecule has 0 fully saturated rings. The van der Waals surface area contributed by atoms with E-state index in [9.17, 15) is 9.18 Å². The second-order valence-electron chi connectivity index (χ2n) is 5.47. The van der Waals surface area contributed by atoms with E-state index in [0.29, 0.717) is 11.6 Å². The van der Waals surface area contributed by atoms with Crippen LogP contribution in [-0.2, 0) is 22.7 Å². The molecule has 1 N–H and O–H groups in total. The molecule has 3 aromatic rings. The van der Waals surface area contributed by atoms with E-state index >= 15 is 0 Å². The molecule has 2 aromatic carbocycles. The molecule has 1 amide bonds. The maximum atomic E-state index is 12.9. The number of halogens is 1. The number of carbonyl (C=O) groups is 1. The highest BCUT2D eigenvalue weighted by Gasteiger charge is 2.08. The Morgan fingerprint density at radius 1 is 1.04 bits per heavy atom. The zero-order chi connectivity index (χ0) is 17.5. The molecule has 0 aliphatic heterocycles. The van der Waals surface area contributed by atoms with Gasteiger partial charge in [0.1, 0.15) is 5.82 Å². The van der Waals surface area contributed by atoms with E-state index in [-0.39, 0.29) is 11.7 Å². The van der Waals surface area contributed by atoms with E-state index in [1.807, 2.05) is 35.7 Å². The fourth-order valence-electron chi connectivity index (χ4n) is 2.23. The van der Waals surface area contributed by atoms with Crippen molar-refractivity contribution in [2.75, 3.05) is 5.32 Å². The minimum atomic E-state index is -0.218. The first-order chi connectivity index (χ1) is 12.2. The topological polar surface area (TPSA) is 42.0 Å². The average Bonchev–Trinajstić information content (AvgIpc) is 3.04. The van der Waals surface area contributed by atoms with Crippen molar-refractivity contribution in [3.8, 4) is 0 Å². The monoisotopic (exact) mass is 372 g/mol. The third-order valence-electron chi connectivity index (χ3n) is 3.44. The maximum Gasteiger partial charge on any atom is 0.230 e. The largest absolute Gasteiger partial charge is 0.302 e. The summed E-state index contributed by atoms with van der Waals surface area (Å²) in [5.74, 6) is 1.27. The van der Waals surface area contributed by atoms with E-state index in [1.54, 1.807) is 23.9 Å². The Hall–Kier alpha value is -2.18. The molecule has 3 rings (SSSR count). The van der Waals surface area contributed by atoms with E-state index in [4.69, 9.17) is 0 Å². The molecule has 1 aromatic heterocycles. The zero-order valence-electron chi connectivity index (χ0n) is 13.4. The molecule has 128 valence electrons. The number of hydrogen-bond acceptors (Lipinski definition) is 4. The first kappa shape index (κ1) is 17.6. The van der Waals surface area contributed by atoms with Crippen LogP contribution in [0.3, 0.4) is 0 Å². The van der Waals surface area contributed by atoms with Crippen LogP contribution in [0.2, 0.25) is 0 Å². The zero-order valence-corrected chi connectivity index (χ0v) is 15.1. The number of benzene rings is 2. The normalized spacial score (nSPS) is 10.6. The minimum absolute atomic E-state index is 0.0638. The summed E-state index contributed by atoms with van der Waals surface area (Å²) in [5.41, 5.74) is 3.00. The lowest BCUT2D eigenvalue weighted by atomic mass is 10.1. The minimum Gasteiger partial charge on any atom is -0.302 e. The second-order valence-corrected chi connectivity index (χ2v) is 7.32. The van der Waals surface area contributed by atoms with Gasteiger partial charge in [-0.15, -0.1) is 11.3 Å². The third kappa shape index (κ3) is 5.69. The number of nitrogens with zero attached hydrogens (tertiary/aromatic N) is 1. The molecule has 0 aliphatic carbocycles. The molecule has 0 saturated heterocycles. The van der Waals surface area contributed by atoms with Crippen molar-refractivity contribution < 1.29 is 9.18 Å². The standard InChI is InChI=1S/C19H17FN2OS2/c20-16-8-6-15(7-9-16)11-24-12-17-13-25-19(21-17)22-18(23)10-14-4-2-1-3-5-14/h1-9,13H,10-12H2,(H,21,22,23). The van der Waals surface area contributed by atoms with E-state index < -0.39 is 0 Å². The predicted molar refractivity (Wildman–Crippen MR) is 102 cm³/mol. The van der Waals surface area contributed by atoms with Gasteiger partial charge in [0.25, 0.3) is 0 Å². The molecule has 0 aliphatic rings. The number of hydrogen-bond donors (Lipinski definition) is 1. The van der Waals surface area contributed by atoms with Gasteiger partial charge in [-0.1, -0.05) is 42.5 Å². The maximum absolute atomic E-state index is 12.9. The molecule has 0 atom stereocenters. The number of carbonyl (C=O) groups excluding carboxylic acids is 1. The van der Waals surface area contributed by atoms with Crippen molar-refractivity contribution in [1.82, 2.24) is 4.98 Å². The Bertz CT molecular complexity index is 819. The molecule has 1 heterocycles. The van der Waals surface area contributed by atoms with Crippen molar-refractivity contribution in [1.29, 1.82) is 0 Å². The van der Waals surface area contributed by atoms with Gasteiger partial charge >= 0.3 is 0 Å². The van der Waals surface area contributed by atoms with Crippen LogP contribution in [-0.4, -0.2) is 10.9 Å². The summed E-state index contributed by atoms with van der Waals surface area (Å²) in [4.78, 5) is 16.5. The van der Waals surface area contributed by atoms with Gasteiger partial charge in [0.05, 0.1) is 12.1 Å². The van der Waals surface area contributed by atoms with Gasteiger partial charge in [-0.25, -0.2) is 9.37 Å². The fraction of sp³-hybridized carbons (Fsp3) is 0.158. The molecule has 3 nitrogen and oxygen atoms in total. The highest BCUT2D eigenvalue weighted by molar-refractivity contribution is 7.97.